The van der Waals surface area contributed by atoms with Gasteiger partial charge in [0, 0.05) is 80.8 Å². The van der Waals surface area contributed by atoms with Crippen molar-refractivity contribution >= 4 is 37.1 Å². The lowest BCUT2D eigenvalue weighted by Crippen LogP contribution is -2.42. The maximum atomic E-state index is 14.9. The fourth-order valence-electron chi connectivity index (χ4n) is 7.48. The van der Waals surface area contributed by atoms with Crippen LogP contribution in [0, 0.1) is 5.82 Å². The van der Waals surface area contributed by atoms with Crippen molar-refractivity contribution < 1.29 is 14.0 Å². The molecule has 0 unspecified atom stereocenters. The zero-order chi connectivity index (χ0) is 37.4. The maximum Gasteiger partial charge on any atom is 0.251 e. The Hall–Kier alpha value is -4.70. The summed E-state index contributed by atoms with van der Waals surface area (Å²) in [5.41, 5.74) is 8.01. The number of halogens is 1. The first-order chi connectivity index (χ1) is 26.4. The number of carbonyl (C=O) groups excluding carboxylic acids is 2. The molecule has 2 saturated heterocycles. The number of aryl methyl sites for hydroxylation is 2. The minimum absolute atomic E-state index is 0.140. The van der Waals surface area contributed by atoms with Crippen LogP contribution >= 0.6 is 8.58 Å². The molecule has 4 N–H and O–H groups in total. The van der Waals surface area contributed by atoms with Gasteiger partial charge in [0.1, 0.15) is 5.82 Å². The molecule has 5 aromatic rings. The minimum atomic E-state index is -0.361. The molecule has 0 bridgehead atoms. The summed E-state index contributed by atoms with van der Waals surface area (Å²) in [7, 11) is 1.02. The average molecular weight is 749 g/mol. The van der Waals surface area contributed by atoms with Crippen molar-refractivity contribution in [1.82, 2.24) is 35.6 Å². The van der Waals surface area contributed by atoms with Crippen molar-refractivity contribution in [3.05, 3.63) is 112 Å². The van der Waals surface area contributed by atoms with E-state index in [1.54, 1.807) is 24.3 Å². The lowest BCUT2D eigenvalue weighted by molar-refractivity contribution is 0.0950. The third kappa shape index (κ3) is 8.97. The molecule has 4 heterocycles. The van der Waals surface area contributed by atoms with Gasteiger partial charge in [-0.2, -0.15) is 5.10 Å². The topological polar surface area (TPSA) is 116 Å². The number of carbonyl (C=O) groups is 2. The Labute approximate surface area is 318 Å². The van der Waals surface area contributed by atoms with Gasteiger partial charge in [-0.05, 0) is 103 Å². The van der Waals surface area contributed by atoms with Gasteiger partial charge in [-0.25, -0.2) is 14.1 Å². The molecule has 2 aliphatic rings. The zero-order valence-electron chi connectivity index (χ0n) is 31.2. The number of benzene rings is 3. The first-order valence-corrected chi connectivity index (χ1v) is 20.6. The van der Waals surface area contributed by atoms with E-state index >= 15 is 0 Å². The molecule has 0 spiro atoms. The van der Waals surface area contributed by atoms with Crippen LogP contribution in [0.4, 0.5) is 10.1 Å². The number of rotatable bonds is 13. The highest BCUT2D eigenvalue weighted by atomic mass is 31.1. The molecule has 0 atom stereocenters. The number of piperazine rings is 1. The second-order valence-electron chi connectivity index (χ2n) is 14.2. The summed E-state index contributed by atoms with van der Waals surface area (Å²) in [5, 5.41) is 18.8. The fourth-order valence-corrected chi connectivity index (χ4v) is 8.83. The van der Waals surface area contributed by atoms with Crippen LogP contribution in [0.5, 0.6) is 0 Å². The number of amides is 2. The van der Waals surface area contributed by atoms with Gasteiger partial charge in [-0.1, -0.05) is 31.2 Å². The van der Waals surface area contributed by atoms with Gasteiger partial charge in [0.05, 0.1) is 17.3 Å². The number of hydrogen-bond acceptors (Lipinski definition) is 7. The van der Waals surface area contributed by atoms with Gasteiger partial charge in [0.25, 0.3) is 11.8 Å². The van der Waals surface area contributed by atoms with Gasteiger partial charge in [-0.15, -0.1) is 8.58 Å². The van der Waals surface area contributed by atoms with E-state index in [-0.39, 0.29) is 30.7 Å². The van der Waals surface area contributed by atoms with Crippen LogP contribution in [0.3, 0.4) is 0 Å². The molecule has 282 valence electrons. The molecule has 7 rings (SSSR count). The normalized spacial score (nSPS) is 16.8. The fraction of sp³-hybridized carbons (Fsp3) is 0.381. The van der Waals surface area contributed by atoms with Crippen LogP contribution in [-0.4, -0.2) is 76.0 Å². The van der Waals surface area contributed by atoms with E-state index in [4.69, 9.17) is 4.98 Å². The summed E-state index contributed by atoms with van der Waals surface area (Å²) in [6.07, 6.45) is 7.29. The summed E-state index contributed by atoms with van der Waals surface area (Å²) in [6.45, 7) is 10.1. The highest BCUT2D eigenvalue weighted by Gasteiger charge is 2.22. The van der Waals surface area contributed by atoms with Gasteiger partial charge in [-0.3, -0.25) is 14.5 Å². The summed E-state index contributed by atoms with van der Waals surface area (Å²) >= 11 is 0. The molecule has 2 amide bonds. The van der Waals surface area contributed by atoms with Crippen molar-refractivity contribution in [3.63, 3.8) is 0 Å². The van der Waals surface area contributed by atoms with E-state index in [0.29, 0.717) is 29.2 Å². The first kappa shape index (κ1) is 37.6. The van der Waals surface area contributed by atoms with Crippen LogP contribution in [0.1, 0.15) is 69.8 Å². The van der Waals surface area contributed by atoms with Gasteiger partial charge < -0.3 is 21.3 Å². The van der Waals surface area contributed by atoms with Crippen LogP contribution < -0.4 is 21.3 Å². The Kier molecular flexibility index (Phi) is 12.3. The standard InChI is InChI=1S/C42H50FN8O2P/c1-3-38-36(39(48-35-11-17-54-18-12-35)37-26-47-51(4-2)40(37)49-38)25-46-42(53)32-10-6-9-31(22-32)41(52)45-24-29-20-33(23-34(43)21-29)30-8-5-7-28(19-30)27-50-15-13-44-14-16-50/h5-10,19-23,26,35,44,54H,3-4,11-18,24-25,27H2,1-2H3,(H,45,52)(H,46,53)(H,48,49). The lowest BCUT2D eigenvalue weighted by atomic mass is 10.0. The molecule has 2 fully saturated rings. The maximum absolute atomic E-state index is 14.9. The first-order valence-electron chi connectivity index (χ1n) is 19.2. The second-order valence-corrected chi connectivity index (χ2v) is 15.7. The van der Waals surface area contributed by atoms with Crippen molar-refractivity contribution in [1.29, 1.82) is 0 Å². The lowest BCUT2D eigenvalue weighted by Gasteiger charge is -2.27. The largest absolute Gasteiger partial charge is 0.381 e. The van der Waals surface area contributed by atoms with Crippen molar-refractivity contribution in [2.45, 2.75) is 65.3 Å². The molecule has 2 aliphatic heterocycles. The summed E-state index contributed by atoms with van der Waals surface area (Å²) in [4.78, 5) is 34.3. The highest BCUT2D eigenvalue weighted by Crippen LogP contribution is 2.33. The van der Waals surface area contributed by atoms with Gasteiger partial charge in [0.2, 0.25) is 0 Å². The molecule has 3 aromatic carbocycles. The highest BCUT2D eigenvalue weighted by molar-refractivity contribution is 7.38. The SMILES string of the molecule is CCc1nc2c(cnn2CC)c(NC2CCPCC2)c1CNC(=O)c1cccc(C(=O)NCc2cc(F)cc(-c3cccc(CN4CCNCC4)c3)c2)c1. The number of pyridine rings is 1. The molecule has 2 aromatic heterocycles. The summed E-state index contributed by atoms with van der Waals surface area (Å²) < 4.78 is 16.8. The molecule has 0 saturated carbocycles. The minimum Gasteiger partial charge on any atom is -0.381 e. The zero-order valence-corrected chi connectivity index (χ0v) is 32.2. The van der Waals surface area contributed by atoms with Crippen LogP contribution in [0.2, 0.25) is 0 Å². The Morgan fingerprint density at radius 3 is 2.35 bits per heavy atom. The van der Waals surface area contributed by atoms with E-state index in [2.05, 4.69) is 57.2 Å². The monoisotopic (exact) mass is 748 g/mol. The Morgan fingerprint density at radius 2 is 1.61 bits per heavy atom. The number of fused-ring (bicyclic) bond motifs is 1. The quantitative estimate of drug-likeness (QED) is 0.104. The van der Waals surface area contributed by atoms with Crippen LogP contribution in [0.15, 0.2) is 72.9 Å². The smallest absolute Gasteiger partial charge is 0.251 e. The number of nitrogens with one attached hydrogen (secondary N) is 4. The van der Waals surface area contributed by atoms with Crippen molar-refractivity contribution in [3.8, 4) is 11.1 Å². The summed E-state index contributed by atoms with van der Waals surface area (Å²) in [6, 6.07) is 20.2. The molecule has 0 aliphatic carbocycles. The number of anilines is 1. The predicted molar refractivity (Wildman–Crippen MR) is 216 cm³/mol. The molecule has 12 heteroatoms. The van der Waals surface area contributed by atoms with E-state index in [1.165, 1.54) is 30.0 Å². The van der Waals surface area contributed by atoms with E-state index in [1.807, 2.05) is 29.1 Å². The third-order valence-corrected chi connectivity index (χ3v) is 11.7. The van der Waals surface area contributed by atoms with Crippen molar-refractivity contribution in [2.75, 3.05) is 43.8 Å². The van der Waals surface area contributed by atoms with Crippen LogP contribution in [0.25, 0.3) is 22.2 Å². The van der Waals surface area contributed by atoms with Gasteiger partial charge in [0.15, 0.2) is 5.65 Å². The average Bonchev–Trinajstić information content (AvgIpc) is 3.63. The Bertz CT molecular complexity index is 2110. The second kappa shape index (κ2) is 17.6. The number of aromatic nitrogens is 3. The van der Waals surface area contributed by atoms with Crippen LogP contribution in [-0.2, 0) is 32.6 Å². The van der Waals surface area contributed by atoms with E-state index < -0.39 is 0 Å². The Morgan fingerprint density at radius 1 is 0.889 bits per heavy atom. The molecular formula is C42H50FN8O2P. The summed E-state index contributed by atoms with van der Waals surface area (Å²) in [5.74, 6) is -0.987. The van der Waals surface area contributed by atoms with Crippen molar-refractivity contribution in [2.24, 2.45) is 0 Å². The Balaban J connectivity index is 1.02. The number of hydrogen-bond donors (Lipinski definition) is 4. The molecule has 10 nitrogen and oxygen atoms in total. The number of nitrogens with zero attached hydrogens (tertiary/aromatic N) is 4. The predicted octanol–water partition coefficient (Wildman–Crippen LogP) is 6.34. The van der Waals surface area contributed by atoms with E-state index in [0.717, 1.165) is 99.8 Å². The third-order valence-electron chi connectivity index (χ3n) is 10.4. The molecule has 54 heavy (non-hydrogen) atoms. The van der Waals surface area contributed by atoms with E-state index in [9.17, 15) is 14.0 Å². The molecular weight excluding hydrogens is 698 g/mol. The van der Waals surface area contributed by atoms with Gasteiger partial charge >= 0.3 is 0 Å². The molecule has 0 radical (unpaired) electrons.